The van der Waals surface area contributed by atoms with Crippen LogP contribution >= 0.6 is 11.6 Å². The Labute approximate surface area is 143 Å². The summed E-state index contributed by atoms with van der Waals surface area (Å²) in [6.07, 6.45) is 14.5. The van der Waals surface area contributed by atoms with Crippen molar-refractivity contribution in [1.29, 1.82) is 5.26 Å². The van der Waals surface area contributed by atoms with Gasteiger partial charge in [0.2, 0.25) is 0 Å². The molecule has 3 rings (SSSR count). The van der Waals surface area contributed by atoms with Gasteiger partial charge in [0.15, 0.2) is 0 Å². The second-order valence-electron chi connectivity index (χ2n) is 7.41. The third-order valence-electron chi connectivity index (χ3n) is 5.71. The molecule has 23 heavy (non-hydrogen) atoms. The van der Waals surface area contributed by atoms with E-state index in [0.29, 0.717) is 18.7 Å². The molecule has 1 N–H and O–H groups in total. The molecule has 0 spiro atoms. The number of hydrogen-bond acceptors (Lipinski definition) is 3. The number of rotatable bonds is 7. The molecule has 5 heteroatoms. The molecule has 0 radical (unpaired) electrons. The standard InChI is InChI=1S/C18H26ClN3O/c19-17(9-10-17)18(23,13-22-14-21-12-16(22)11-20)8-4-7-15-5-2-1-3-6-15/h12,14-15,23H,1-10,13H2. The van der Waals surface area contributed by atoms with Gasteiger partial charge in [-0.05, 0) is 25.2 Å². The summed E-state index contributed by atoms with van der Waals surface area (Å²) < 4.78 is 1.74. The fraction of sp³-hybridized carbons (Fsp3) is 0.778. The zero-order valence-corrected chi connectivity index (χ0v) is 14.4. The number of aliphatic hydroxyl groups is 1. The van der Waals surface area contributed by atoms with Crippen LogP contribution < -0.4 is 0 Å². The van der Waals surface area contributed by atoms with E-state index in [0.717, 1.165) is 25.2 Å². The lowest BCUT2D eigenvalue weighted by Crippen LogP contribution is -2.45. The third kappa shape index (κ3) is 3.72. The lowest BCUT2D eigenvalue weighted by Gasteiger charge is -2.34. The second kappa shape index (κ2) is 6.83. The second-order valence-corrected chi connectivity index (χ2v) is 8.14. The Hall–Kier alpha value is -1.05. The van der Waals surface area contributed by atoms with Crippen LogP contribution in [0.2, 0.25) is 0 Å². The number of nitrogens with zero attached hydrogens (tertiary/aromatic N) is 3. The quantitative estimate of drug-likeness (QED) is 0.766. The fourth-order valence-corrected chi connectivity index (χ4v) is 4.25. The molecule has 0 aliphatic heterocycles. The molecule has 0 bridgehead atoms. The summed E-state index contributed by atoms with van der Waals surface area (Å²) in [4.78, 5) is 3.50. The van der Waals surface area contributed by atoms with Crippen molar-refractivity contribution in [2.75, 3.05) is 0 Å². The Morgan fingerprint density at radius 2 is 2.13 bits per heavy atom. The van der Waals surface area contributed by atoms with Crippen molar-refractivity contribution in [3.63, 3.8) is 0 Å². The van der Waals surface area contributed by atoms with Gasteiger partial charge in [0, 0.05) is 0 Å². The molecule has 1 aromatic rings. The van der Waals surface area contributed by atoms with Crippen LogP contribution in [-0.4, -0.2) is 25.1 Å². The minimum atomic E-state index is -0.949. The van der Waals surface area contributed by atoms with Gasteiger partial charge in [-0.25, -0.2) is 4.98 Å². The summed E-state index contributed by atoms with van der Waals surface area (Å²) in [5.41, 5.74) is -0.466. The predicted octanol–water partition coefficient (Wildman–Crippen LogP) is 4.01. The van der Waals surface area contributed by atoms with Gasteiger partial charge in [0.1, 0.15) is 17.4 Å². The first-order valence-corrected chi connectivity index (χ1v) is 9.26. The Morgan fingerprint density at radius 3 is 2.78 bits per heavy atom. The van der Waals surface area contributed by atoms with Crippen molar-refractivity contribution in [2.24, 2.45) is 5.92 Å². The van der Waals surface area contributed by atoms with Gasteiger partial charge >= 0.3 is 0 Å². The van der Waals surface area contributed by atoms with Crippen molar-refractivity contribution < 1.29 is 5.11 Å². The number of alkyl halides is 1. The molecular weight excluding hydrogens is 310 g/mol. The topological polar surface area (TPSA) is 61.8 Å². The maximum absolute atomic E-state index is 11.2. The lowest BCUT2D eigenvalue weighted by molar-refractivity contribution is -0.00122. The van der Waals surface area contributed by atoms with Gasteiger partial charge in [0.05, 0.1) is 23.9 Å². The first-order chi connectivity index (χ1) is 11.1. The lowest BCUT2D eigenvalue weighted by atomic mass is 9.83. The molecule has 0 aromatic carbocycles. The molecular formula is C18H26ClN3O. The summed E-state index contributed by atoms with van der Waals surface area (Å²) >= 11 is 6.62. The van der Waals surface area contributed by atoms with Crippen molar-refractivity contribution in [2.45, 2.75) is 81.2 Å². The Kier molecular flexibility index (Phi) is 4.98. The van der Waals surface area contributed by atoms with Gasteiger partial charge < -0.3 is 9.67 Å². The van der Waals surface area contributed by atoms with E-state index in [-0.39, 0.29) is 0 Å². The molecule has 126 valence electrons. The van der Waals surface area contributed by atoms with Crippen LogP contribution in [0.1, 0.15) is 69.9 Å². The van der Waals surface area contributed by atoms with Gasteiger partial charge in [-0.2, -0.15) is 5.26 Å². The maximum atomic E-state index is 11.2. The molecule has 4 nitrogen and oxygen atoms in total. The molecule has 2 aliphatic rings. The third-order valence-corrected chi connectivity index (χ3v) is 6.44. The largest absolute Gasteiger partial charge is 0.386 e. The highest BCUT2D eigenvalue weighted by Crippen LogP contribution is 2.53. The smallest absolute Gasteiger partial charge is 0.139 e. The monoisotopic (exact) mass is 335 g/mol. The summed E-state index contributed by atoms with van der Waals surface area (Å²) in [6, 6.07) is 2.12. The van der Waals surface area contributed by atoms with E-state index >= 15 is 0 Å². The maximum Gasteiger partial charge on any atom is 0.139 e. The zero-order valence-electron chi connectivity index (χ0n) is 13.7. The molecule has 2 saturated carbocycles. The number of aromatic nitrogens is 2. The molecule has 1 unspecified atom stereocenters. The number of halogens is 1. The van der Waals surface area contributed by atoms with E-state index in [1.165, 1.54) is 44.7 Å². The normalized spacial score (nSPS) is 23.2. The first kappa shape index (κ1) is 16.8. The summed E-state index contributed by atoms with van der Waals surface area (Å²) in [5, 5.41) is 20.4. The highest BCUT2D eigenvalue weighted by molar-refractivity contribution is 6.26. The highest BCUT2D eigenvalue weighted by atomic mass is 35.5. The Balaban J connectivity index is 1.62. The van der Waals surface area contributed by atoms with E-state index in [2.05, 4.69) is 11.1 Å². The summed E-state index contributed by atoms with van der Waals surface area (Å²) in [6.45, 7) is 0.365. The van der Waals surface area contributed by atoms with E-state index in [1.54, 1.807) is 10.9 Å². The average Bonchev–Trinajstić information content (AvgIpc) is 3.17. The minimum absolute atomic E-state index is 0.365. The minimum Gasteiger partial charge on any atom is -0.386 e. The van der Waals surface area contributed by atoms with Crippen molar-refractivity contribution in [1.82, 2.24) is 9.55 Å². The van der Waals surface area contributed by atoms with E-state index in [4.69, 9.17) is 16.9 Å². The van der Waals surface area contributed by atoms with Crippen LogP contribution in [0.25, 0.3) is 0 Å². The van der Waals surface area contributed by atoms with E-state index < -0.39 is 10.5 Å². The summed E-state index contributed by atoms with van der Waals surface area (Å²) in [7, 11) is 0. The molecule has 0 amide bonds. The molecule has 0 saturated heterocycles. The van der Waals surface area contributed by atoms with Crippen molar-refractivity contribution in [3.05, 3.63) is 18.2 Å². The van der Waals surface area contributed by atoms with E-state index in [1.807, 2.05) is 0 Å². The highest BCUT2D eigenvalue weighted by Gasteiger charge is 2.57. The van der Waals surface area contributed by atoms with Crippen LogP contribution in [0.3, 0.4) is 0 Å². The van der Waals surface area contributed by atoms with Crippen LogP contribution in [-0.2, 0) is 6.54 Å². The Morgan fingerprint density at radius 1 is 1.39 bits per heavy atom. The van der Waals surface area contributed by atoms with E-state index in [9.17, 15) is 5.11 Å². The Bertz CT molecular complexity index is 569. The SMILES string of the molecule is N#Cc1cncn1CC(O)(CCCC1CCCCC1)C1(Cl)CC1. The first-order valence-electron chi connectivity index (χ1n) is 8.88. The number of nitriles is 1. The average molecular weight is 336 g/mol. The van der Waals surface area contributed by atoms with Crippen molar-refractivity contribution >= 4 is 11.6 Å². The van der Waals surface area contributed by atoms with Crippen LogP contribution in [0.5, 0.6) is 0 Å². The molecule has 1 aromatic heterocycles. The number of hydrogen-bond donors (Lipinski definition) is 1. The van der Waals surface area contributed by atoms with Gasteiger partial charge in [0.25, 0.3) is 0 Å². The van der Waals surface area contributed by atoms with Crippen LogP contribution in [0.15, 0.2) is 12.5 Å². The van der Waals surface area contributed by atoms with Crippen molar-refractivity contribution in [3.8, 4) is 6.07 Å². The summed E-state index contributed by atoms with van der Waals surface area (Å²) in [5.74, 6) is 0.821. The van der Waals surface area contributed by atoms with Gasteiger partial charge in [-0.3, -0.25) is 0 Å². The predicted molar refractivity (Wildman–Crippen MR) is 90.1 cm³/mol. The van der Waals surface area contributed by atoms with Crippen LogP contribution in [0.4, 0.5) is 0 Å². The van der Waals surface area contributed by atoms with Gasteiger partial charge in [-0.1, -0.05) is 44.9 Å². The number of imidazole rings is 1. The molecule has 2 aliphatic carbocycles. The van der Waals surface area contributed by atoms with Gasteiger partial charge in [-0.15, -0.1) is 11.6 Å². The fourth-order valence-electron chi connectivity index (χ4n) is 4.00. The zero-order chi connectivity index (χ0) is 16.3. The molecule has 2 fully saturated rings. The van der Waals surface area contributed by atoms with Crippen LogP contribution in [0, 0.1) is 17.2 Å². The molecule has 1 atom stereocenters. The molecule has 1 heterocycles.